The maximum Gasteiger partial charge on any atom is 0.295 e. The van der Waals surface area contributed by atoms with Gasteiger partial charge in [-0.2, -0.15) is 0 Å². The van der Waals surface area contributed by atoms with Crippen molar-refractivity contribution in [2.24, 2.45) is 0 Å². The molecular formula is C30H27NO6. The smallest absolute Gasteiger partial charge is 0.295 e. The molecule has 3 aromatic rings. The first-order chi connectivity index (χ1) is 18.0. The number of hydrogen-bond donors (Lipinski definition) is 1. The van der Waals surface area contributed by atoms with Gasteiger partial charge in [-0.1, -0.05) is 30.3 Å². The molecule has 2 aliphatic heterocycles. The maximum atomic E-state index is 13.4. The van der Waals surface area contributed by atoms with Crippen molar-refractivity contribution in [2.45, 2.75) is 38.3 Å². The predicted octanol–water partition coefficient (Wildman–Crippen LogP) is 4.92. The van der Waals surface area contributed by atoms with Crippen molar-refractivity contribution in [3.05, 3.63) is 94.1 Å². The maximum absolute atomic E-state index is 13.4. The van der Waals surface area contributed by atoms with Crippen molar-refractivity contribution in [3.8, 4) is 17.2 Å². The molecule has 7 heteroatoms. The van der Waals surface area contributed by atoms with Gasteiger partial charge in [-0.3, -0.25) is 9.59 Å². The van der Waals surface area contributed by atoms with E-state index in [2.05, 4.69) is 0 Å². The summed E-state index contributed by atoms with van der Waals surface area (Å²) in [6.45, 7) is 0.304. The second-order valence-electron chi connectivity index (χ2n) is 9.58. The Morgan fingerprint density at radius 3 is 2.62 bits per heavy atom. The van der Waals surface area contributed by atoms with Crippen LogP contribution in [0.5, 0.6) is 17.2 Å². The number of benzene rings is 3. The van der Waals surface area contributed by atoms with Crippen LogP contribution in [-0.2, 0) is 29.0 Å². The number of rotatable bonds is 5. The van der Waals surface area contributed by atoms with Crippen LogP contribution in [-0.4, -0.2) is 35.6 Å². The third-order valence-electron chi connectivity index (χ3n) is 7.36. The molecule has 2 heterocycles. The number of aliphatic hydroxyl groups is 1. The molecule has 0 radical (unpaired) electrons. The zero-order valence-corrected chi connectivity index (χ0v) is 20.5. The average molecular weight is 498 g/mol. The summed E-state index contributed by atoms with van der Waals surface area (Å²) in [5.74, 6) is 0.310. The molecule has 1 fully saturated rings. The van der Waals surface area contributed by atoms with E-state index >= 15 is 0 Å². The molecule has 0 saturated carbocycles. The number of hydrogen-bond acceptors (Lipinski definition) is 6. The van der Waals surface area contributed by atoms with Crippen LogP contribution < -0.4 is 14.2 Å². The van der Waals surface area contributed by atoms with Crippen LogP contribution in [0.4, 0.5) is 0 Å². The SMILES string of the molecule is COc1cccc(C2/C(=C(/O)c3ccc4c(c3)CCCC4)C(=O)C(=O)N2Cc2ccc3c(c2)OCO3)c1. The summed E-state index contributed by atoms with van der Waals surface area (Å²) in [6, 6.07) is 17.7. The van der Waals surface area contributed by atoms with Crippen LogP contribution in [0.25, 0.3) is 5.76 Å². The number of ketones is 1. The molecule has 6 rings (SSSR count). The van der Waals surface area contributed by atoms with Gasteiger partial charge in [-0.25, -0.2) is 0 Å². The van der Waals surface area contributed by atoms with Gasteiger partial charge in [0.2, 0.25) is 6.79 Å². The molecule has 188 valence electrons. The second-order valence-corrected chi connectivity index (χ2v) is 9.58. The molecule has 37 heavy (non-hydrogen) atoms. The summed E-state index contributed by atoms with van der Waals surface area (Å²) in [5, 5.41) is 11.5. The van der Waals surface area contributed by atoms with Gasteiger partial charge in [0.25, 0.3) is 11.7 Å². The lowest BCUT2D eigenvalue weighted by Gasteiger charge is -2.26. The number of amides is 1. The third-order valence-corrected chi connectivity index (χ3v) is 7.36. The van der Waals surface area contributed by atoms with Crippen LogP contribution in [0.3, 0.4) is 0 Å². The standard InChI is InChI=1S/C30H27NO6/c1-35-23-8-4-7-21(15-23)27-26(28(32)22-11-10-19-5-2-3-6-20(19)14-22)29(33)30(34)31(27)16-18-9-12-24-25(13-18)37-17-36-24/h4,7-15,27,32H,2-3,5-6,16-17H2,1H3/b28-26-. The monoisotopic (exact) mass is 497 g/mol. The third kappa shape index (κ3) is 4.10. The number of Topliss-reactive ketones (excluding diaryl/α,β-unsaturated/α-hetero) is 1. The van der Waals surface area contributed by atoms with Gasteiger partial charge in [0, 0.05) is 12.1 Å². The molecule has 7 nitrogen and oxygen atoms in total. The Balaban J connectivity index is 1.46. The molecule has 1 N–H and O–H groups in total. The van der Waals surface area contributed by atoms with Crippen molar-refractivity contribution in [1.29, 1.82) is 0 Å². The summed E-state index contributed by atoms with van der Waals surface area (Å²) >= 11 is 0. The van der Waals surface area contributed by atoms with Crippen LogP contribution in [0.1, 0.15) is 46.7 Å². The molecular weight excluding hydrogens is 470 g/mol. The summed E-state index contributed by atoms with van der Waals surface area (Å²) in [4.78, 5) is 28.4. The Morgan fingerprint density at radius 2 is 1.78 bits per heavy atom. The van der Waals surface area contributed by atoms with Gasteiger partial charge < -0.3 is 24.2 Å². The van der Waals surface area contributed by atoms with Crippen molar-refractivity contribution >= 4 is 17.4 Å². The molecule has 1 unspecified atom stereocenters. The summed E-state index contributed by atoms with van der Waals surface area (Å²) in [5.41, 5.74) is 4.55. The lowest BCUT2D eigenvalue weighted by molar-refractivity contribution is -0.140. The minimum Gasteiger partial charge on any atom is -0.507 e. The Labute approximate surface area is 214 Å². The first-order valence-electron chi connectivity index (χ1n) is 12.5. The normalized spacial score (nSPS) is 19.7. The molecule has 1 aliphatic carbocycles. The molecule has 1 atom stereocenters. The van der Waals surface area contributed by atoms with Crippen LogP contribution >= 0.6 is 0 Å². The highest BCUT2D eigenvalue weighted by Gasteiger charge is 2.46. The van der Waals surface area contributed by atoms with Gasteiger partial charge in [0.1, 0.15) is 11.5 Å². The van der Waals surface area contributed by atoms with E-state index in [4.69, 9.17) is 14.2 Å². The largest absolute Gasteiger partial charge is 0.507 e. The Hall–Kier alpha value is -4.26. The van der Waals surface area contributed by atoms with Gasteiger partial charge in [-0.15, -0.1) is 0 Å². The number of carbonyl (C=O) groups is 2. The predicted molar refractivity (Wildman–Crippen MR) is 136 cm³/mol. The molecule has 0 spiro atoms. The molecule has 3 aromatic carbocycles. The van der Waals surface area contributed by atoms with Crippen LogP contribution in [0.2, 0.25) is 0 Å². The number of fused-ring (bicyclic) bond motifs is 2. The molecule has 1 amide bonds. The van der Waals surface area contributed by atoms with E-state index in [-0.39, 0.29) is 24.7 Å². The van der Waals surface area contributed by atoms with Crippen molar-refractivity contribution in [3.63, 3.8) is 0 Å². The van der Waals surface area contributed by atoms with E-state index in [0.29, 0.717) is 28.4 Å². The number of aryl methyl sites for hydroxylation is 2. The van der Waals surface area contributed by atoms with Crippen molar-refractivity contribution in [1.82, 2.24) is 4.90 Å². The van der Waals surface area contributed by atoms with Crippen LogP contribution in [0, 0.1) is 0 Å². The summed E-state index contributed by atoms with van der Waals surface area (Å²) < 4.78 is 16.3. The quantitative estimate of drug-likeness (QED) is 0.306. The summed E-state index contributed by atoms with van der Waals surface area (Å²) in [7, 11) is 1.57. The zero-order valence-electron chi connectivity index (χ0n) is 20.5. The first-order valence-corrected chi connectivity index (χ1v) is 12.5. The molecule has 0 aromatic heterocycles. The van der Waals surface area contributed by atoms with E-state index < -0.39 is 17.7 Å². The van der Waals surface area contributed by atoms with Crippen molar-refractivity contribution in [2.75, 3.05) is 13.9 Å². The Kier molecular flexibility index (Phi) is 5.83. The zero-order chi connectivity index (χ0) is 25.5. The number of ether oxygens (including phenoxy) is 3. The Bertz CT molecular complexity index is 1440. The lowest BCUT2D eigenvalue weighted by atomic mass is 9.88. The van der Waals surface area contributed by atoms with E-state index in [1.165, 1.54) is 16.0 Å². The fourth-order valence-electron chi connectivity index (χ4n) is 5.47. The minimum absolute atomic E-state index is 0.0785. The summed E-state index contributed by atoms with van der Waals surface area (Å²) in [6.07, 6.45) is 4.20. The fraction of sp³-hybridized carbons (Fsp3) is 0.267. The number of nitrogens with zero attached hydrogens (tertiary/aromatic N) is 1. The second kappa shape index (κ2) is 9.32. The highest BCUT2D eigenvalue weighted by molar-refractivity contribution is 6.46. The van der Waals surface area contributed by atoms with Crippen LogP contribution in [0.15, 0.2) is 66.2 Å². The number of carbonyl (C=O) groups excluding carboxylic acids is 2. The highest BCUT2D eigenvalue weighted by atomic mass is 16.7. The molecule has 0 bridgehead atoms. The lowest BCUT2D eigenvalue weighted by Crippen LogP contribution is -2.29. The highest BCUT2D eigenvalue weighted by Crippen LogP contribution is 2.42. The van der Waals surface area contributed by atoms with Gasteiger partial charge >= 0.3 is 0 Å². The number of methoxy groups -OCH3 is 1. The first kappa shape index (κ1) is 23.2. The average Bonchev–Trinajstić information content (AvgIpc) is 3.50. The van der Waals surface area contributed by atoms with Gasteiger partial charge in [0.15, 0.2) is 11.5 Å². The van der Waals surface area contributed by atoms with E-state index in [1.54, 1.807) is 25.3 Å². The molecule has 3 aliphatic rings. The molecule has 1 saturated heterocycles. The van der Waals surface area contributed by atoms with Crippen molar-refractivity contribution < 1.29 is 28.9 Å². The van der Waals surface area contributed by atoms with E-state index in [9.17, 15) is 14.7 Å². The van der Waals surface area contributed by atoms with E-state index in [0.717, 1.165) is 31.2 Å². The Morgan fingerprint density at radius 1 is 0.973 bits per heavy atom. The topological polar surface area (TPSA) is 85.3 Å². The minimum atomic E-state index is -0.781. The van der Waals surface area contributed by atoms with Gasteiger partial charge in [-0.05, 0) is 78.3 Å². The van der Waals surface area contributed by atoms with Gasteiger partial charge in [0.05, 0.1) is 18.7 Å². The fourth-order valence-corrected chi connectivity index (χ4v) is 5.47. The number of aliphatic hydroxyl groups excluding tert-OH is 1. The van der Waals surface area contributed by atoms with E-state index in [1.807, 2.05) is 42.5 Å². The number of likely N-dealkylation sites (tertiary alicyclic amines) is 1.